The molecule has 0 aromatic heterocycles. The molecule has 5 nitrogen and oxygen atoms in total. The van der Waals surface area contributed by atoms with E-state index < -0.39 is 0 Å². The van der Waals surface area contributed by atoms with Crippen LogP contribution in [0.2, 0.25) is 0 Å². The first-order valence-electron chi connectivity index (χ1n) is 9.77. The average Bonchev–Trinajstić information content (AvgIpc) is 2.71. The van der Waals surface area contributed by atoms with Gasteiger partial charge in [0.2, 0.25) is 11.8 Å². The molecule has 1 aliphatic rings. The molecule has 2 amide bonds. The van der Waals surface area contributed by atoms with Crippen LogP contribution >= 0.6 is 0 Å². The molecule has 2 aromatic carbocycles. The number of nitrogens with one attached hydrogen (secondary N) is 2. The van der Waals surface area contributed by atoms with Crippen LogP contribution in [0.1, 0.15) is 31.2 Å². The fourth-order valence-corrected chi connectivity index (χ4v) is 3.49. The van der Waals surface area contributed by atoms with E-state index in [1.165, 1.54) is 18.2 Å². The highest BCUT2D eigenvalue weighted by molar-refractivity contribution is 5.98. The molecule has 0 aliphatic heterocycles. The summed E-state index contributed by atoms with van der Waals surface area (Å²) in [6.45, 7) is 3.43. The fourth-order valence-electron chi connectivity index (χ4n) is 3.49. The van der Waals surface area contributed by atoms with Gasteiger partial charge in [0, 0.05) is 5.69 Å². The van der Waals surface area contributed by atoms with Crippen molar-refractivity contribution in [2.45, 2.75) is 44.2 Å². The van der Waals surface area contributed by atoms with Crippen LogP contribution in [0.3, 0.4) is 0 Å². The third-order valence-electron chi connectivity index (χ3n) is 4.89. The van der Waals surface area contributed by atoms with Gasteiger partial charge in [0.15, 0.2) is 0 Å². The lowest BCUT2D eigenvalue weighted by atomic mass is 9.92. The van der Waals surface area contributed by atoms with Gasteiger partial charge < -0.3 is 15.4 Å². The van der Waals surface area contributed by atoms with E-state index in [1.807, 2.05) is 6.07 Å². The number of ether oxygens (including phenoxy) is 1. The van der Waals surface area contributed by atoms with Gasteiger partial charge in [0.05, 0.1) is 12.5 Å². The number of hydrogen-bond acceptors (Lipinski definition) is 3. The van der Waals surface area contributed by atoms with Gasteiger partial charge in [-0.3, -0.25) is 9.59 Å². The van der Waals surface area contributed by atoms with Crippen LogP contribution in [0.25, 0.3) is 0 Å². The van der Waals surface area contributed by atoms with E-state index in [2.05, 4.69) is 17.2 Å². The van der Waals surface area contributed by atoms with Gasteiger partial charge >= 0.3 is 0 Å². The first-order valence-corrected chi connectivity index (χ1v) is 9.77. The highest BCUT2D eigenvalue weighted by Crippen LogP contribution is 2.24. The van der Waals surface area contributed by atoms with Gasteiger partial charge in [0.25, 0.3) is 0 Å². The lowest BCUT2D eigenvalue weighted by Crippen LogP contribution is -2.48. The Kier molecular flexibility index (Phi) is 7.00. The van der Waals surface area contributed by atoms with Crippen LogP contribution in [0.4, 0.5) is 10.1 Å². The Labute approximate surface area is 170 Å². The number of rotatable bonds is 7. The van der Waals surface area contributed by atoms with Crippen molar-refractivity contribution in [2.75, 3.05) is 5.32 Å². The largest absolute Gasteiger partial charge is 0.488 e. The molecule has 1 fully saturated rings. The molecule has 0 heterocycles. The van der Waals surface area contributed by atoms with Crippen molar-refractivity contribution in [3.63, 3.8) is 0 Å². The second-order valence-corrected chi connectivity index (χ2v) is 7.14. The number of carbonyl (C=O) groups is 2. The van der Waals surface area contributed by atoms with Crippen molar-refractivity contribution >= 4 is 17.5 Å². The predicted octanol–water partition coefficient (Wildman–Crippen LogP) is 4.00. The van der Waals surface area contributed by atoms with E-state index in [1.54, 1.807) is 30.3 Å². The summed E-state index contributed by atoms with van der Waals surface area (Å²) >= 11 is 0. The molecule has 0 bridgehead atoms. The van der Waals surface area contributed by atoms with Crippen molar-refractivity contribution in [3.05, 3.63) is 72.6 Å². The molecule has 152 valence electrons. The second-order valence-electron chi connectivity index (χ2n) is 7.14. The minimum absolute atomic E-state index is 0.0926. The maximum atomic E-state index is 13.1. The third-order valence-corrected chi connectivity index (χ3v) is 4.89. The Balaban J connectivity index is 1.59. The second kappa shape index (κ2) is 9.87. The standard InChI is InChI=1S/C23H25FN2O3/c1-2-22(27)25-18-7-5-6-16(14-18)15-23(28)26-20-8-3-4-9-21(20)29-19-12-10-17(24)11-13-19/h2,5-7,10-14,20-21H,1,3-4,8-9,15H2,(H,25,27)(H,26,28)/t20-,21+/m0/s1. The molecule has 3 rings (SSSR count). The van der Waals surface area contributed by atoms with Crippen molar-refractivity contribution in [1.82, 2.24) is 5.32 Å². The van der Waals surface area contributed by atoms with Crippen molar-refractivity contribution in [2.24, 2.45) is 0 Å². The van der Waals surface area contributed by atoms with E-state index in [9.17, 15) is 14.0 Å². The normalized spacial score (nSPS) is 18.5. The Morgan fingerprint density at radius 2 is 1.90 bits per heavy atom. The van der Waals surface area contributed by atoms with Gasteiger partial charge in [-0.1, -0.05) is 25.1 Å². The van der Waals surface area contributed by atoms with Crippen LogP contribution < -0.4 is 15.4 Å². The molecule has 0 unspecified atom stereocenters. The first kappa shape index (κ1) is 20.6. The van der Waals surface area contributed by atoms with Crippen molar-refractivity contribution < 1.29 is 18.7 Å². The number of amides is 2. The quantitative estimate of drug-likeness (QED) is 0.695. The maximum absolute atomic E-state index is 13.1. The molecule has 0 spiro atoms. The van der Waals surface area contributed by atoms with E-state index in [-0.39, 0.29) is 36.2 Å². The van der Waals surface area contributed by atoms with Gasteiger partial charge in [-0.15, -0.1) is 0 Å². The number of benzene rings is 2. The monoisotopic (exact) mass is 396 g/mol. The molecule has 1 aliphatic carbocycles. The zero-order valence-electron chi connectivity index (χ0n) is 16.2. The lowest BCUT2D eigenvalue weighted by Gasteiger charge is -2.32. The van der Waals surface area contributed by atoms with Crippen LogP contribution in [0.5, 0.6) is 5.75 Å². The Morgan fingerprint density at radius 1 is 1.14 bits per heavy atom. The topological polar surface area (TPSA) is 67.4 Å². The van der Waals surface area contributed by atoms with E-state index >= 15 is 0 Å². The van der Waals surface area contributed by atoms with Crippen LogP contribution in [-0.4, -0.2) is 24.0 Å². The van der Waals surface area contributed by atoms with Crippen molar-refractivity contribution in [3.8, 4) is 5.75 Å². The highest BCUT2D eigenvalue weighted by atomic mass is 19.1. The molecular formula is C23H25FN2O3. The lowest BCUT2D eigenvalue weighted by molar-refractivity contribution is -0.122. The average molecular weight is 396 g/mol. The number of hydrogen-bond donors (Lipinski definition) is 2. The van der Waals surface area contributed by atoms with Crippen LogP contribution in [0, 0.1) is 5.82 Å². The fraction of sp³-hybridized carbons (Fsp3) is 0.304. The molecule has 1 saturated carbocycles. The molecule has 0 radical (unpaired) electrons. The summed E-state index contributed by atoms with van der Waals surface area (Å²) in [5.74, 6) is -0.105. The Hall–Kier alpha value is -3.15. The summed E-state index contributed by atoms with van der Waals surface area (Å²) in [5, 5.41) is 5.77. The molecule has 2 aromatic rings. The smallest absolute Gasteiger partial charge is 0.247 e. The zero-order valence-corrected chi connectivity index (χ0v) is 16.2. The summed E-state index contributed by atoms with van der Waals surface area (Å²) < 4.78 is 19.1. The minimum Gasteiger partial charge on any atom is -0.488 e. The minimum atomic E-state index is -0.308. The van der Waals surface area contributed by atoms with Crippen LogP contribution in [-0.2, 0) is 16.0 Å². The summed E-state index contributed by atoms with van der Waals surface area (Å²) in [5.41, 5.74) is 1.42. The maximum Gasteiger partial charge on any atom is 0.247 e. The van der Waals surface area contributed by atoms with E-state index in [0.717, 1.165) is 31.2 Å². The van der Waals surface area contributed by atoms with Gasteiger partial charge in [-0.2, -0.15) is 0 Å². The third kappa shape index (κ3) is 6.17. The number of halogens is 1. The molecule has 29 heavy (non-hydrogen) atoms. The summed E-state index contributed by atoms with van der Waals surface area (Å²) in [4.78, 5) is 24.0. The Bertz CT molecular complexity index is 867. The van der Waals surface area contributed by atoms with Crippen LogP contribution in [0.15, 0.2) is 61.2 Å². The van der Waals surface area contributed by atoms with Crippen molar-refractivity contribution in [1.29, 1.82) is 0 Å². The van der Waals surface area contributed by atoms with Gasteiger partial charge in [0.1, 0.15) is 17.7 Å². The first-order chi connectivity index (χ1) is 14.0. The summed E-state index contributed by atoms with van der Waals surface area (Å²) in [6.07, 6.45) is 5.00. The molecule has 0 saturated heterocycles. The predicted molar refractivity (Wildman–Crippen MR) is 110 cm³/mol. The van der Waals surface area contributed by atoms with Gasteiger partial charge in [-0.05, 0) is 67.3 Å². The SMILES string of the molecule is C=CC(=O)Nc1cccc(CC(=O)N[C@H]2CCCC[C@H]2Oc2ccc(F)cc2)c1. The van der Waals surface area contributed by atoms with E-state index in [0.29, 0.717) is 11.4 Å². The number of anilines is 1. The molecule has 2 N–H and O–H groups in total. The van der Waals surface area contributed by atoms with E-state index in [4.69, 9.17) is 4.74 Å². The summed E-state index contributed by atoms with van der Waals surface area (Å²) in [6, 6.07) is 13.0. The van der Waals surface area contributed by atoms with Gasteiger partial charge in [-0.25, -0.2) is 4.39 Å². The Morgan fingerprint density at radius 3 is 2.66 bits per heavy atom. The molecule has 2 atom stereocenters. The summed E-state index contributed by atoms with van der Waals surface area (Å²) in [7, 11) is 0. The molecular weight excluding hydrogens is 371 g/mol. The number of carbonyl (C=O) groups excluding carboxylic acids is 2. The zero-order chi connectivity index (χ0) is 20.6. The molecule has 6 heteroatoms. The highest BCUT2D eigenvalue weighted by Gasteiger charge is 2.28.